The van der Waals surface area contributed by atoms with Gasteiger partial charge in [-0.3, -0.25) is 0 Å². The molecule has 1 heterocycles. The molecule has 2 aromatic rings. The van der Waals surface area contributed by atoms with Gasteiger partial charge < -0.3 is 5.43 Å². The van der Waals surface area contributed by atoms with Crippen LogP contribution in [0.4, 0.5) is 5.82 Å². The highest BCUT2D eigenvalue weighted by Gasteiger charge is 2.17. The van der Waals surface area contributed by atoms with Crippen molar-refractivity contribution in [3.05, 3.63) is 38.4 Å². The molecule has 1 aromatic carbocycles. The highest BCUT2D eigenvalue weighted by Crippen LogP contribution is 2.31. The number of nitrogens with zero attached hydrogens (tertiary/aromatic N) is 2. The first-order valence-electron chi connectivity index (χ1n) is 7.01. The number of hydrazine groups is 1. The summed E-state index contributed by atoms with van der Waals surface area (Å²) in [6.45, 7) is 0. The minimum atomic E-state index is 0.719. The van der Waals surface area contributed by atoms with Gasteiger partial charge in [-0.15, -0.1) is 0 Å². The molecule has 0 aliphatic heterocycles. The zero-order valence-electron chi connectivity index (χ0n) is 11.5. The van der Waals surface area contributed by atoms with E-state index in [1.807, 2.05) is 18.2 Å². The van der Waals surface area contributed by atoms with Gasteiger partial charge >= 0.3 is 0 Å². The molecule has 0 bridgehead atoms. The number of fused-ring (bicyclic) bond motifs is 1. The number of rotatable bonds is 2. The normalized spacial score (nSPS) is 14.4. The van der Waals surface area contributed by atoms with Gasteiger partial charge in [0.15, 0.2) is 5.82 Å². The second-order valence-corrected chi connectivity index (χ2v) is 6.86. The van der Waals surface area contributed by atoms with Crippen LogP contribution in [0, 0.1) is 0 Å². The van der Waals surface area contributed by atoms with Crippen LogP contribution in [0.1, 0.15) is 30.5 Å². The highest BCUT2D eigenvalue weighted by atomic mass is 79.9. The van der Waals surface area contributed by atoms with E-state index < -0.39 is 0 Å². The molecule has 6 heteroatoms. The highest BCUT2D eigenvalue weighted by molar-refractivity contribution is 9.13. The fraction of sp³-hybridized carbons (Fsp3) is 0.333. The molecular weight excluding hydrogens is 396 g/mol. The molecule has 0 radical (unpaired) electrons. The average molecular weight is 412 g/mol. The third kappa shape index (κ3) is 3.12. The van der Waals surface area contributed by atoms with E-state index in [1.54, 1.807) is 0 Å². The van der Waals surface area contributed by atoms with Crippen LogP contribution in [0.2, 0.25) is 0 Å². The van der Waals surface area contributed by atoms with Crippen molar-refractivity contribution in [2.24, 2.45) is 5.84 Å². The summed E-state index contributed by atoms with van der Waals surface area (Å²) in [7, 11) is 0. The summed E-state index contributed by atoms with van der Waals surface area (Å²) < 4.78 is 2.00. The van der Waals surface area contributed by atoms with Crippen molar-refractivity contribution in [3.63, 3.8) is 0 Å². The predicted molar refractivity (Wildman–Crippen MR) is 91.9 cm³/mol. The van der Waals surface area contributed by atoms with Crippen molar-refractivity contribution >= 4 is 37.7 Å². The number of halogens is 2. The maximum absolute atomic E-state index is 5.67. The molecule has 4 nitrogen and oxygen atoms in total. The number of anilines is 1. The van der Waals surface area contributed by atoms with Crippen LogP contribution < -0.4 is 11.3 Å². The van der Waals surface area contributed by atoms with Crippen LogP contribution >= 0.6 is 31.9 Å². The smallest absolute Gasteiger partial charge is 0.161 e. The maximum atomic E-state index is 5.67. The fourth-order valence-corrected chi connectivity index (χ4v) is 3.28. The van der Waals surface area contributed by atoms with E-state index in [1.165, 1.54) is 24.8 Å². The molecule has 0 spiro atoms. The van der Waals surface area contributed by atoms with Crippen molar-refractivity contribution in [2.75, 3.05) is 5.43 Å². The Balaban J connectivity index is 2.10. The summed E-state index contributed by atoms with van der Waals surface area (Å²) >= 11 is 7.00. The molecule has 1 aromatic heterocycles. The Hall–Kier alpha value is -0.980. The summed E-state index contributed by atoms with van der Waals surface area (Å²) in [4.78, 5) is 9.38. The van der Waals surface area contributed by atoms with Crippen LogP contribution in [0.3, 0.4) is 0 Å². The Labute approximate surface area is 140 Å². The largest absolute Gasteiger partial charge is 0.308 e. The summed E-state index contributed by atoms with van der Waals surface area (Å²) in [5.74, 6) is 7.15. The standard InChI is InChI=1S/C15H16Br2N4/c16-11-7-6-9(8-12(11)17)14-19-13-5-3-1-2-4-10(13)15(20-14)21-18/h6-8H,1-5,18H2,(H,19,20,21). The lowest BCUT2D eigenvalue weighted by Crippen LogP contribution is -2.14. The first-order valence-corrected chi connectivity index (χ1v) is 8.59. The van der Waals surface area contributed by atoms with Gasteiger partial charge in [-0.2, -0.15) is 0 Å². The molecule has 21 heavy (non-hydrogen) atoms. The van der Waals surface area contributed by atoms with Gasteiger partial charge in [-0.25, -0.2) is 15.8 Å². The molecule has 0 saturated carbocycles. The molecule has 1 aliphatic carbocycles. The second kappa shape index (κ2) is 6.42. The summed E-state index contributed by atoms with van der Waals surface area (Å²) in [5, 5.41) is 0. The molecule has 0 unspecified atom stereocenters. The third-order valence-electron chi connectivity index (χ3n) is 3.75. The maximum Gasteiger partial charge on any atom is 0.161 e. The van der Waals surface area contributed by atoms with Gasteiger partial charge in [0, 0.05) is 25.8 Å². The van der Waals surface area contributed by atoms with Gasteiger partial charge in [0.1, 0.15) is 5.82 Å². The summed E-state index contributed by atoms with van der Waals surface area (Å²) in [6.07, 6.45) is 5.58. The Morgan fingerprint density at radius 1 is 1.00 bits per heavy atom. The first-order chi connectivity index (χ1) is 10.2. The van der Waals surface area contributed by atoms with Crippen LogP contribution in [0.5, 0.6) is 0 Å². The Morgan fingerprint density at radius 3 is 2.57 bits per heavy atom. The number of benzene rings is 1. The molecule has 0 amide bonds. The first kappa shape index (κ1) is 14.9. The molecule has 1 aliphatic rings. The molecule has 3 N–H and O–H groups in total. The summed E-state index contributed by atoms with van der Waals surface area (Å²) in [6, 6.07) is 6.01. The lowest BCUT2D eigenvalue weighted by molar-refractivity contribution is 0.709. The Kier molecular flexibility index (Phi) is 4.57. The zero-order chi connectivity index (χ0) is 14.8. The van der Waals surface area contributed by atoms with Gasteiger partial charge in [0.05, 0.1) is 0 Å². The quantitative estimate of drug-likeness (QED) is 0.441. The van der Waals surface area contributed by atoms with E-state index in [9.17, 15) is 0 Å². The number of aromatic nitrogens is 2. The number of hydrogen-bond donors (Lipinski definition) is 2. The molecule has 3 rings (SSSR count). The zero-order valence-corrected chi connectivity index (χ0v) is 14.7. The van der Waals surface area contributed by atoms with Crippen LogP contribution in [0.15, 0.2) is 27.1 Å². The number of nitrogens with two attached hydrogens (primary N) is 1. The number of hydrogen-bond acceptors (Lipinski definition) is 4. The van der Waals surface area contributed by atoms with E-state index in [0.717, 1.165) is 44.7 Å². The molecule has 110 valence electrons. The number of nitrogens with one attached hydrogen (secondary N) is 1. The van der Waals surface area contributed by atoms with Gasteiger partial charge in [0.25, 0.3) is 0 Å². The van der Waals surface area contributed by atoms with Crippen molar-refractivity contribution in [1.82, 2.24) is 9.97 Å². The van der Waals surface area contributed by atoms with Crippen molar-refractivity contribution in [3.8, 4) is 11.4 Å². The van der Waals surface area contributed by atoms with Gasteiger partial charge in [0.2, 0.25) is 0 Å². The van der Waals surface area contributed by atoms with E-state index in [2.05, 4.69) is 42.3 Å². The average Bonchev–Trinajstić information content (AvgIpc) is 2.74. The molecule has 0 atom stereocenters. The molecular formula is C15H16Br2N4. The van der Waals surface area contributed by atoms with Gasteiger partial charge in [-0.1, -0.05) is 6.42 Å². The van der Waals surface area contributed by atoms with Crippen LogP contribution in [-0.4, -0.2) is 9.97 Å². The monoisotopic (exact) mass is 410 g/mol. The van der Waals surface area contributed by atoms with E-state index in [0.29, 0.717) is 0 Å². The van der Waals surface area contributed by atoms with Crippen molar-refractivity contribution in [1.29, 1.82) is 0 Å². The molecule has 0 fully saturated rings. The minimum Gasteiger partial charge on any atom is -0.308 e. The summed E-state index contributed by atoms with van der Waals surface area (Å²) in [5.41, 5.74) is 6.03. The van der Waals surface area contributed by atoms with Crippen LogP contribution in [-0.2, 0) is 12.8 Å². The minimum absolute atomic E-state index is 0.719. The lowest BCUT2D eigenvalue weighted by Gasteiger charge is -2.13. The third-order valence-corrected chi connectivity index (χ3v) is 5.63. The SMILES string of the molecule is NNc1nc(-c2ccc(Br)c(Br)c2)nc2c1CCCCC2. The Bertz CT molecular complexity index is 673. The topological polar surface area (TPSA) is 63.8 Å². The van der Waals surface area contributed by atoms with Gasteiger partial charge in [-0.05, 0) is 75.7 Å². The number of aryl methyl sites for hydroxylation is 1. The number of nitrogen functional groups attached to an aromatic ring is 1. The Morgan fingerprint density at radius 2 is 1.81 bits per heavy atom. The predicted octanol–water partition coefficient (Wildman–Crippen LogP) is 4.22. The van der Waals surface area contributed by atoms with Crippen molar-refractivity contribution < 1.29 is 0 Å². The van der Waals surface area contributed by atoms with Crippen LogP contribution in [0.25, 0.3) is 11.4 Å². The van der Waals surface area contributed by atoms with Crippen molar-refractivity contribution in [2.45, 2.75) is 32.1 Å². The molecule has 0 saturated heterocycles. The van der Waals surface area contributed by atoms with E-state index in [4.69, 9.17) is 10.8 Å². The van der Waals surface area contributed by atoms with E-state index in [-0.39, 0.29) is 0 Å². The second-order valence-electron chi connectivity index (χ2n) is 5.15. The lowest BCUT2D eigenvalue weighted by atomic mass is 10.1. The fourth-order valence-electron chi connectivity index (χ4n) is 2.65. The van der Waals surface area contributed by atoms with E-state index >= 15 is 0 Å².